The minimum atomic E-state index is -3.42. The van der Waals surface area contributed by atoms with Gasteiger partial charge in [0, 0.05) is 22.8 Å². The lowest BCUT2D eigenvalue weighted by molar-refractivity contribution is 0.581. The molecule has 0 spiro atoms. The topological polar surface area (TPSA) is 71.1 Å². The minimum Gasteiger partial charge on any atom is -0.380 e. The maximum absolute atomic E-state index is 12.1. The third-order valence-corrected chi connectivity index (χ3v) is 5.67. The summed E-state index contributed by atoms with van der Waals surface area (Å²) in [7, 11) is -3.42. The Kier molecular flexibility index (Phi) is 4.17. The minimum absolute atomic E-state index is 0.103. The lowest BCUT2D eigenvalue weighted by Gasteiger charge is -2.09. The van der Waals surface area contributed by atoms with Crippen molar-refractivity contribution in [2.24, 2.45) is 0 Å². The predicted molar refractivity (Wildman–Crippen MR) is 84.2 cm³/mol. The summed E-state index contributed by atoms with van der Waals surface area (Å²) in [5.41, 5.74) is 0.748. The van der Waals surface area contributed by atoms with Crippen LogP contribution in [-0.4, -0.2) is 19.4 Å². The Balaban J connectivity index is 1.70. The summed E-state index contributed by atoms with van der Waals surface area (Å²) < 4.78 is 27.5. The first kappa shape index (κ1) is 14.8. The Morgan fingerprint density at radius 3 is 2.86 bits per heavy atom. The van der Waals surface area contributed by atoms with Crippen LogP contribution in [0.5, 0.6) is 0 Å². The molecule has 1 aromatic carbocycles. The third-order valence-electron chi connectivity index (χ3n) is 3.04. The maximum Gasteiger partial charge on any atom is 0.240 e. The Hall–Kier alpha value is -1.15. The highest BCUT2D eigenvalue weighted by Crippen LogP contribution is 2.24. The molecule has 21 heavy (non-hydrogen) atoms. The molecule has 3 rings (SSSR count). The Morgan fingerprint density at radius 2 is 2.19 bits per heavy atom. The van der Waals surface area contributed by atoms with Gasteiger partial charge in [0.1, 0.15) is 0 Å². The van der Waals surface area contributed by atoms with Gasteiger partial charge >= 0.3 is 0 Å². The molecule has 2 N–H and O–H groups in total. The smallest absolute Gasteiger partial charge is 0.240 e. The molecule has 1 aromatic heterocycles. The molecular formula is C13H14ClN3O2S2. The first-order chi connectivity index (χ1) is 10.0. The second-order valence-corrected chi connectivity index (χ2v) is 8.27. The highest BCUT2D eigenvalue weighted by Gasteiger charge is 2.27. The van der Waals surface area contributed by atoms with Gasteiger partial charge in [0.25, 0.3) is 0 Å². The van der Waals surface area contributed by atoms with E-state index in [-0.39, 0.29) is 10.9 Å². The lowest BCUT2D eigenvalue weighted by atomic mass is 10.3. The quantitative estimate of drug-likeness (QED) is 0.846. The number of hydrogen-bond donors (Lipinski definition) is 2. The number of aromatic nitrogens is 1. The summed E-state index contributed by atoms with van der Waals surface area (Å²) in [6.45, 7) is 0.559. The zero-order chi connectivity index (χ0) is 14.9. The summed E-state index contributed by atoms with van der Waals surface area (Å²) in [5.74, 6) is 0. The number of halogens is 1. The van der Waals surface area contributed by atoms with Crippen LogP contribution in [0.3, 0.4) is 0 Å². The molecule has 1 heterocycles. The fourth-order valence-corrected chi connectivity index (χ4v) is 4.08. The van der Waals surface area contributed by atoms with E-state index in [0.717, 1.165) is 23.4 Å². The standard InChI is InChI=1S/C13H14ClN3O2S2/c14-13-16-8-11(20-13)7-15-10-2-1-3-12(6-10)21(18,19)17-9-4-5-9/h1-3,6,8-9,15,17H,4-5,7H2. The van der Waals surface area contributed by atoms with Crippen LogP contribution >= 0.6 is 22.9 Å². The van der Waals surface area contributed by atoms with Gasteiger partial charge in [-0.25, -0.2) is 18.1 Å². The number of benzene rings is 1. The van der Waals surface area contributed by atoms with Crippen molar-refractivity contribution >= 4 is 38.6 Å². The fourth-order valence-electron chi connectivity index (χ4n) is 1.82. The van der Waals surface area contributed by atoms with Crippen LogP contribution in [0.2, 0.25) is 4.47 Å². The molecule has 5 nitrogen and oxygen atoms in total. The molecule has 1 aliphatic rings. The van der Waals surface area contributed by atoms with Crippen molar-refractivity contribution < 1.29 is 8.42 Å². The summed E-state index contributed by atoms with van der Waals surface area (Å²) in [4.78, 5) is 5.23. The first-order valence-electron chi connectivity index (χ1n) is 6.49. The number of nitrogens with zero attached hydrogens (tertiary/aromatic N) is 1. The van der Waals surface area contributed by atoms with Crippen LogP contribution in [0.15, 0.2) is 35.4 Å². The van der Waals surface area contributed by atoms with Crippen LogP contribution in [0, 0.1) is 0 Å². The van der Waals surface area contributed by atoms with E-state index < -0.39 is 10.0 Å². The maximum atomic E-state index is 12.1. The largest absolute Gasteiger partial charge is 0.380 e. The molecule has 0 atom stereocenters. The molecule has 1 fully saturated rings. The van der Waals surface area contributed by atoms with E-state index in [1.807, 2.05) is 6.07 Å². The summed E-state index contributed by atoms with van der Waals surface area (Å²) in [6.07, 6.45) is 3.54. The number of thiazole rings is 1. The van der Waals surface area contributed by atoms with Crippen molar-refractivity contribution in [2.45, 2.75) is 30.3 Å². The monoisotopic (exact) mass is 343 g/mol. The van der Waals surface area contributed by atoms with Gasteiger partial charge in [0.15, 0.2) is 4.47 Å². The lowest BCUT2D eigenvalue weighted by Crippen LogP contribution is -2.25. The van der Waals surface area contributed by atoms with Gasteiger partial charge in [-0.15, -0.1) is 11.3 Å². The average molecular weight is 344 g/mol. The predicted octanol–water partition coefficient (Wildman–Crippen LogP) is 2.85. The number of hydrogen-bond acceptors (Lipinski definition) is 5. The van der Waals surface area contributed by atoms with Gasteiger partial charge < -0.3 is 5.32 Å². The van der Waals surface area contributed by atoms with Gasteiger partial charge in [-0.3, -0.25) is 0 Å². The summed E-state index contributed by atoms with van der Waals surface area (Å²) in [5, 5.41) is 3.18. The zero-order valence-electron chi connectivity index (χ0n) is 11.0. The van der Waals surface area contributed by atoms with Crippen molar-refractivity contribution in [1.82, 2.24) is 9.71 Å². The van der Waals surface area contributed by atoms with Crippen molar-refractivity contribution in [3.8, 4) is 0 Å². The second kappa shape index (κ2) is 5.92. The van der Waals surface area contributed by atoms with Crippen LogP contribution in [0.1, 0.15) is 17.7 Å². The van der Waals surface area contributed by atoms with Crippen LogP contribution in [0.25, 0.3) is 0 Å². The van der Waals surface area contributed by atoms with E-state index in [2.05, 4.69) is 15.0 Å². The van der Waals surface area contributed by atoms with Crippen LogP contribution in [-0.2, 0) is 16.6 Å². The Labute approximate surface area is 132 Å². The van der Waals surface area contributed by atoms with Crippen molar-refractivity contribution in [3.63, 3.8) is 0 Å². The van der Waals surface area contributed by atoms with Crippen molar-refractivity contribution in [2.75, 3.05) is 5.32 Å². The van der Waals surface area contributed by atoms with Crippen LogP contribution in [0.4, 0.5) is 5.69 Å². The van der Waals surface area contributed by atoms with Gasteiger partial charge in [-0.2, -0.15) is 0 Å². The normalized spacial score (nSPS) is 15.1. The van der Waals surface area contributed by atoms with Gasteiger partial charge in [0.2, 0.25) is 10.0 Å². The summed E-state index contributed by atoms with van der Waals surface area (Å²) in [6, 6.07) is 6.89. The highest BCUT2D eigenvalue weighted by atomic mass is 35.5. The number of sulfonamides is 1. The second-order valence-electron chi connectivity index (χ2n) is 4.86. The molecule has 0 radical (unpaired) electrons. The number of anilines is 1. The van der Waals surface area contributed by atoms with Gasteiger partial charge in [-0.05, 0) is 31.0 Å². The summed E-state index contributed by atoms with van der Waals surface area (Å²) >= 11 is 7.17. The molecule has 8 heteroatoms. The van der Waals surface area contributed by atoms with Gasteiger partial charge in [0.05, 0.1) is 11.4 Å². The zero-order valence-corrected chi connectivity index (χ0v) is 13.4. The van der Waals surface area contributed by atoms with E-state index in [1.165, 1.54) is 11.3 Å². The van der Waals surface area contributed by atoms with E-state index >= 15 is 0 Å². The number of rotatable bonds is 6. The molecule has 0 unspecified atom stereocenters. The SMILES string of the molecule is O=S(=O)(NC1CC1)c1cccc(NCc2cnc(Cl)s2)c1. The molecule has 0 aliphatic heterocycles. The average Bonchev–Trinajstić information content (AvgIpc) is 3.15. The van der Waals surface area contributed by atoms with Crippen LogP contribution < -0.4 is 10.0 Å². The third kappa shape index (κ3) is 3.94. The van der Waals surface area contributed by atoms with E-state index in [4.69, 9.17) is 11.6 Å². The fraction of sp³-hybridized carbons (Fsp3) is 0.308. The van der Waals surface area contributed by atoms with E-state index in [9.17, 15) is 8.42 Å². The Bertz CT molecular complexity index is 741. The molecule has 1 aliphatic carbocycles. The number of nitrogens with one attached hydrogen (secondary N) is 2. The van der Waals surface area contributed by atoms with Crippen molar-refractivity contribution in [3.05, 3.63) is 39.8 Å². The van der Waals surface area contributed by atoms with E-state index in [1.54, 1.807) is 24.4 Å². The molecule has 0 bridgehead atoms. The molecule has 1 saturated carbocycles. The molecule has 2 aromatic rings. The van der Waals surface area contributed by atoms with Gasteiger partial charge in [-0.1, -0.05) is 17.7 Å². The van der Waals surface area contributed by atoms with Crippen molar-refractivity contribution in [1.29, 1.82) is 0 Å². The van der Waals surface area contributed by atoms with E-state index in [0.29, 0.717) is 11.0 Å². The first-order valence-corrected chi connectivity index (χ1v) is 9.17. The molecule has 112 valence electrons. The molecular weight excluding hydrogens is 330 g/mol. The Morgan fingerprint density at radius 1 is 1.38 bits per heavy atom. The highest BCUT2D eigenvalue weighted by molar-refractivity contribution is 7.89. The molecule has 0 saturated heterocycles. The molecule has 0 amide bonds.